The summed E-state index contributed by atoms with van der Waals surface area (Å²) in [6.45, 7) is 3.41. The van der Waals surface area contributed by atoms with Gasteiger partial charge in [0.1, 0.15) is 5.75 Å². The van der Waals surface area contributed by atoms with Gasteiger partial charge >= 0.3 is 0 Å². The smallest absolute Gasteiger partial charge is 0.260 e. The van der Waals surface area contributed by atoms with Crippen molar-refractivity contribution in [1.29, 1.82) is 0 Å². The van der Waals surface area contributed by atoms with Crippen molar-refractivity contribution in [3.63, 3.8) is 0 Å². The van der Waals surface area contributed by atoms with E-state index < -0.39 is 0 Å². The van der Waals surface area contributed by atoms with Crippen molar-refractivity contribution in [3.05, 3.63) is 30.3 Å². The van der Waals surface area contributed by atoms with E-state index in [1.54, 1.807) is 0 Å². The van der Waals surface area contributed by atoms with Crippen LogP contribution in [0.5, 0.6) is 5.75 Å². The van der Waals surface area contributed by atoms with Gasteiger partial charge in [0.15, 0.2) is 6.61 Å². The Kier molecular flexibility index (Phi) is 6.25. The largest absolute Gasteiger partial charge is 0.484 e. The minimum Gasteiger partial charge on any atom is -0.484 e. The molecule has 2 amide bonds. The van der Waals surface area contributed by atoms with E-state index in [2.05, 4.69) is 5.32 Å². The molecule has 0 aromatic heterocycles. The van der Waals surface area contributed by atoms with Gasteiger partial charge < -0.3 is 15.0 Å². The number of rotatable bonds is 6. The summed E-state index contributed by atoms with van der Waals surface area (Å²) in [5.41, 5.74) is 0. The summed E-state index contributed by atoms with van der Waals surface area (Å²) in [4.78, 5) is 25.5. The molecule has 0 unspecified atom stereocenters. The number of carbonyl (C=O) groups excluding carboxylic acids is 2. The lowest BCUT2D eigenvalue weighted by Crippen LogP contribution is -2.47. The minimum absolute atomic E-state index is 0.00203. The van der Waals surface area contributed by atoms with Crippen LogP contribution in [0.3, 0.4) is 0 Å². The van der Waals surface area contributed by atoms with Crippen molar-refractivity contribution in [2.75, 3.05) is 19.7 Å². The van der Waals surface area contributed by atoms with E-state index >= 15 is 0 Å². The maximum Gasteiger partial charge on any atom is 0.260 e. The highest BCUT2D eigenvalue weighted by molar-refractivity contribution is 5.78. The van der Waals surface area contributed by atoms with Crippen molar-refractivity contribution in [2.24, 2.45) is 0 Å². The highest BCUT2D eigenvalue weighted by atomic mass is 16.5. The lowest BCUT2D eigenvalue weighted by atomic mass is 10.0. The SMILES string of the molecule is CCCC(=O)NC1CCN(C(=O)COc2ccccc2)CC1. The maximum absolute atomic E-state index is 12.1. The molecule has 0 radical (unpaired) electrons. The first-order valence-corrected chi connectivity index (χ1v) is 7.94. The van der Waals surface area contributed by atoms with Crippen LogP contribution in [0.1, 0.15) is 32.6 Å². The molecule has 1 saturated heterocycles. The number of amides is 2. The fourth-order valence-corrected chi connectivity index (χ4v) is 2.55. The van der Waals surface area contributed by atoms with E-state index in [1.807, 2.05) is 42.2 Å². The fourth-order valence-electron chi connectivity index (χ4n) is 2.55. The molecule has 1 aliphatic heterocycles. The van der Waals surface area contributed by atoms with E-state index in [1.165, 1.54) is 0 Å². The minimum atomic E-state index is 0.00203. The standard InChI is InChI=1S/C17H24N2O3/c1-2-6-16(20)18-14-9-11-19(12-10-14)17(21)13-22-15-7-4-3-5-8-15/h3-5,7-8,14H,2,6,9-13H2,1H3,(H,18,20). The number of hydrogen-bond acceptors (Lipinski definition) is 3. The first-order chi connectivity index (χ1) is 10.7. The molecule has 22 heavy (non-hydrogen) atoms. The van der Waals surface area contributed by atoms with Crippen LogP contribution in [0.15, 0.2) is 30.3 Å². The van der Waals surface area contributed by atoms with Gasteiger partial charge in [0.2, 0.25) is 5.91 Å². The van der Waals surface area contributed by atoms with Gasteiger partial charge in [-0.3, -0.25) is 9.59 Å². The summed E-state index contributed by atoms with van der Waals surface area (Å²) >= 11 is 0. The van der Waals surface area contributed by atoms with Gasteiger partial charge in [-0.05, 0) is 31.4 Å². The normalized spacial score (nSPS) is 15.4. The zero-order valence-corrected chi connectivity index (χ0v) is 13.1. The predicted molar refractivity (Wildman–Crippen MR) is 84.6 cm³/mol. The number of para-hydroxylation sites is 1. The number of benzene rings is 1. The molecule has 1 N–H and O–H groups in total. The molecule has 1 fully saturated rings. The number of hydrogen-bond donors (Lipinski definition) is 1. The summed E-state index contributed by atoms with van der Waals surface area (Å²) in [5.74, 6) is 0.819. The third-order valence-corrected chi connectivity index (χ3v) is 3.80. The molecule has 1 aromatic carbocycles. The molecule has 0 spiro atoms. The molecule has 1 aromatic rings. The van der Waals surface area contributed by atoms with Gasteiger partial charge in [-0.25, -0.2) is 0 Å². The van der Waals surface area contributed by atoms with Crippen LogP contribution in [0.2, 0.25) is 0 Å². The Morgan fingerprint density at radius 3 is 2.55 bits per heavy atom. The van der Waals surface area contributed by atoms with Crippen LogP contribution >= 0.6 is 0 Å². The first kappa shape index (κ1) is 16.3. The molecule has 5 nitrogen and oxygen atoms in total. The van der Waals surface area contributed by atoms with E-state index in [0.717, 1.165) is 19.3 Å². The number of piperidine rings is 1. The summed E-state index contributed by atoms with van der Waals surface area (Å²) in [5, 5.41) is 3.03. The van der Waals surface area contributed by atoms with Gasteiger partial charge in [-0.1, -0.05) is 25.1 Å². The van der Waals surface area contributed by atoms with E-state index in [9.17, 15) is 9.59 Å². The van der Waals surface area contributed by atoms with Crippen molar-refractivity contribution in [2.45, 2.75) is 38.6 Å². The summed E-state index contributed by atoms with van der Waals surface area (Å²) in [6, 6.07) is 9.53. The van der Waals surface area contributed by atoms with Crippen molar-refractivity contribution in [3.8, 4) is 5.75 Å². The van der Waals surface area contributed by atoms with Crippen molar-refractivity contribution >= 4 is 11.8 Å². The zero-order chi connectivity index (χ0) is 15.8. The van der Waals surface area contributed by atoms with Gasteiger partial charge in [-0.2, -0.15) is 0 Å². The second-order valence-corrected chi connectivity index (χ2v) is 5.57. The molecule has 0 bridgehead atoms. The Morgan fingerprint density at radius 1 is 1.23 bits per heavy atom. The summed E-state index contributed by atoms with van der Waals surface area (Å²) in [6.07, 6.45) is 3.06. The Morgan fingerprint density at radius 2 is 1.91 bits per heavy atom. The Balaban J connectivity index is 1.69. The number of carbonyl (C=O) groups is 2. The van der Waals surface area contributed by atoms with Gasteiger partial charge in [0, 0.05) is 25.6 Å². The summed E-state index contributed by atoms with van der Waals surface area (Å²) < 4.78 is 5.48. The van der Waals surface area contributed by atoms with E-state index in [-0.39, 0.29) is 24.5 Å². The topological polar surface area (TPSA) is 58.6 Å². The van der Waals surface area contributed by atoms with Crippen LogP contribution in [0.25, 0.3) is 0 Å². The Bertz CT molecular complexity index is 482. The highest BCUT2D eigenvalue weighted by Gasteiger charge is 2.23. The predicted octanol–water partition coefficient (Wildman–Crippen LogP) is 1.97. The molecular weight excluding hydrogens is 280 g/mol. The van der Waals surface area contributed by atoms with Gasteiger partial charge in [0.05, 0.1) is 0 Å². The van der Waals surface area contributed by atoms with Crippen LogP contribution in [0.4, 0.5) is 0 Å². The fraction of sp³-hybridized carbons (Fsp3) is 0.529. The van der Waals surface area contributed by atoms with Crippen LogP contribution in [-0.4, -0.2) is 42.5 Å². The molecule has 0 saturated carbocycles. The third kappa shape index (κ3) is 5.06. The second-order valence-electron chi connectivity index (χ2n) is 5.57. The molecule has 0 atom stereocenters. The average Bonchev–Trinajstić information content (AvgIpc) is 2.54. The molecular formula is C17H24N2O3. The second kappa shape index (κ2) is 8.41. The number of nitrogens with zero attached hydrogens (tertiary/aromatic N) is 1. The number of nitrogens with one attached hydrogen (secondary N) is 1. The van der Waals surface area contributed by atoms with E-state index in [0.29, 0.717) is 25.3 Å². The average molecular weight is 304 g/mol. The lowest BCUT2D eigenvalue weighted by molar-refractivity contribution is -0.134. The maximum atomic E-state index is 12.1. The Hall–Kier alpha value is -2.04. The third-order valence-electron chi connectivity index (χ3n) is 3.80. The van der Waals surface area contributed by atoms with Crippen molar-refractivity contribution in [1.82, 2.24) is 10.2 Å². The molecule has 1 aliphatic rings. The highest BCUT2D eigenvalue weighted by Crippen LogP contribution is 2.12. The first-order valence-electron chi connectivity index (χ1n) is 7.94. The molecule has 2 rings (SSSR count). The van der Waals surface area contributed by atoms with Gasteiger partial charge in [-0.15, -0.1) is 0 Å². The zero-order valence-electron chi connectivity index (χ0n) is 13.1. The molecule has 5 heteroatoms. The van der Waals surface area contributed by atoms with E-state index in [4.69, 9.17) is 4.74 Å². The van der Waals surface area contributed by atoms with Crippen LogP contribution < -0.4 is 10.1 Å². The van der Waals surface area contributed by atoms with Crippen molar-refractivity contribution < 1.29 is 14.3 Å². The lowest BCUT2D eigenvalue weighted by Gasteiger charge is -2.32. The monoisotopic (exact) mass is 304 g/mol. The van der Waals surface area contributed by atoms with Gasteiger partial charge in [0.25, 0.3) is 5.91 Å². The molecule has 120 valence electrons. The molecule has 1 heterocycles. The summed E-state index contributed by atoms with van der Waals surface area (Å²) in [7, 11) is 0. The van der Waals surface area contributed by atoms with Crippen LogP contribution in [0, 0.1) is 0 Å². The Labute approximate surface area is 131 Å². The molecule has 0 aliphatic carbocycles. The quantitative estimate of drug-likeness (QED) is 0.874. The number of ether oxygens (including phenoxy) is 1. The van der Waals surface area contributed by atoms with Crippen LogP contribution in [-0.2, 0) is 9.59 Å². The number of likely N-dealkylation sites (tertiary alicyclic amines) is 1.